The van der Waals surface area contributed by atoms with Gasteiger partial charge in [-0.3, -0.25) is 0 Å². The van der Waals surface area contributed by atoms with Crippen molar-refractivity contribution in [1.29, 1.82) is 0 Å². The Morgan fingerprint density at radius 3 is 2.93 bits per heavy atom. The number of benzene rings is 1. The average Bonchev–Trinajstić information content (AvgIpc) is 2.27. The monoisotopic (exact) mass is 187 g/mol. The maximum absolute atomic E-state index is 3.47. The summed E-state index contributed by atoms with van der Waals surface area (Å²) in [6.07, 6.45) is 2.29. The van der Waals surface area contributed by atoms with Crippen LogP contribution in [0.3, 0.4) is 0 Å². The summed E-state index contributed by atoms with van der Waals surface area (Å²) in [6.45, 7) is 5.49. The van der Waals surface area contributed by atoms with Crippen LogP contribution < -0.4 is 5.32 Å². The summed E-state index contributed by atoms with van der Waals surface area (Å²) in [5.74, 6) is 0. The molecule has 0 spiro atoms. The standard InChI is InChI=1S/C13H17N/c1-3-10(2)12-8-11-6-4-5-7-13(11)14-9-12/h4-7,14H,3,8-9H2,1-2H3/b12-10+. The highest BCUT2D eigenvalue weighted by atomic mass is 14.9. The predicted octanol–water partition coefficient (Wildman–Crippen LogP) is 3.38. The maximum atomic E-state index is 3.47. The number of rotatable bonds is 1. The van der Waals surface area contributed by atoms with E-state index < -0.39 is 0 Å². The van der Waals surface area contributed by atoms with E-state index in [0.29, 0.717) is 0 Å². The van der Waals surface area contributed by atoms with Crippen LogP contribution in [0.2, 0.25) is 0 Å². The van der Waals surface area contributed by atoms with E-state index in [2.05, 4.69) is 43.4 Å². The van der Waals surface area contributed by atoms with Crippen molar-refractivity contribution >= 4 is 5.69 Å². The zero-order valence-electron chi connectivity index (χ0n) is 8.93. The molecule has 0 saturated carbocycles. The van der Waals surface area contributed by atoms with Gasteiger partial charge in [0.25, 0.3) is 0 Å². The highest BCUT2D eigenvalue weighted by molar-refractivity contribution is 5.56. The molecule has 1 heterocycles. The van der Waals surface area contributed by atoms with Gasteiger partial charge in [0.15, 0.2) is 0 Å². The number of para-hydroxylation sites is 1. The molecule has 0 bridgehead atoms. The number of hydrogen-bond donors (Lipinski definition) is 1. The highest BCUT2D eigenvalue weighted by Gasteiger charge is 2.12. The van der Waals surface area contributed by atoms with Crippen molar-refractivity contribution in [3.05, 3.63) is 41.0 Å². The van der Waals surface area contributed by atoms with Crippen molar-refractivity contribution in [2.24, 2.45) is 0 Å². The summed E-state index contributed by atoms with van der Waals surface area (Å²) in [6, 6.07) is 8.58. The number of hydrogen-bond acceptors (Lipinski definition) is 1. The molecule has 74 valence electrons. The lowest BCUT2D eigenvalue weighted by Gasteiger charge is -2.22. The molecule has 1 heteroatoms. The molecule has 1 aliphatic heterocycles. The van der Waals surface area contributed by atoms with Crippen molar-refractivity contribution in [1.82, 2.24) is 0 Å². The fourth-order valence-electron chi connectivity index (χ4n) is 1.89. The molecule has 0 unspecified atom stereocenters. The van der Waals surface area contributed by atoms with Gasteiger partial charge in [0, 0.05) is 12.2 Å². The Kier molecular flexibility index (Phi) is 2.58. The van der Waals surface area contributed by atoms with E-state index in [1.54, 1.807) is 5.57 Å². The Hall–Kier alpha value is -1.24. The first-order valence-electron chi connectivity index (χ1n) is 5.30. The lowest BCUT2D eigenvalue weighted by Crippen LogP contribution is -2.16. The van der Waals surface area contributed by atoms with Gasteiger partial charge >= 0.3 is 0 Å². The van der Waals surface area contributed by atoms with Crippen LogP contribution in [-0.4, -0.2) is 6.54 Å². The topological polar surface area (TPSA) is 12.0 Å². The highest BCUT2D eigenvalue weighted by Crippen LogP contribution is 2.25. The van der Waals surface area contributed by atoms with Gasteiger partial charge in [-0.15, -0.1) is 0 Å². The SMILES string of the molecule is CC/C(C)=C1/CNc2ccccc2C1. The van der Waals surface area contributed by atoms with Crippen LogP contribution in [-0.2, 0) is 6.42 Å². The fraction of sp³-hybridized carbons (Fsp3) is 0.385. The van der Waals surface area contributed by atoms with Gasteiger partial charge in [-0.25, -0.2) is 0 Å². The summed E-state index contributed by atoms with van der Waals surface area (Å²) in [4.78, 5) is 0. The molecule has 1 aromatic carbocycles. The van der Waals surface area contributed by atoms with Crippen LogP contribution >= 0.6 is 0 Å². The largest absolute Gasteiger partial charge is 0.381 e. The van der Waals surface area contributed by atoms with Crippen molar-refractivity contribution < 1.29 is 0 Å². The minimum absolute atomic E-state index is 1.02. The first-order valence-corrected chi connectivity index (χ1v) is 5.30. The fourth-order valence-corrected chi connectivity index (χ4v) is 1.89. The maximum Gasteiger partial charge on any atom is 0.0378 e. The molecule has 1 aliphatic rings. The first kappa shape index (κ1) is 9.32. The van der Waals surface area contributed by atoms with Crippen LogP contribution in [0.5, 0.6) is 0 Å². The van der Waals surface area contributed by atoms with E-state index in [0.717, 1.165) is 13.0 Å². The van der Waals surface area contributed by atoms with Crippen LogP contribution in [0, 0.1) is 0 Å². The normalized spacial score (nSPS) is 18.4. The second kappa shape index (κ2) is 3.87. The first-order chi connectivity index (χ1) is 6.81. The Balaban J connectivity index is 2.30. The Bertz CT molecular complexity index is 363. The molecule has 0 fully saturated rings. The zero-order valence-corrected chi connectivity index (χ0v) is 8.93. The summed E-state index contributed by atoms with van der Waals surface area (Å²) in [5, 5.41) is 3.47. The van der Waals surface area contributed by atoms with Gasteiger partial charge in [0.2, 0.25) is 0 Å². The van der Waals surface area contributed by atoms with Gasteiger partial charge in [-0.2, -0.15) is 0 Å². The molecule has 2 rings (SSSR count). The van der Waals surface area contributed by atoms with Gasteiger partial charge < -0.3 is 5.32 Å². The number of anilines is 1. The van der Waals surface area contributed by atoms with E-state index in [-0.39, 0.29) is 0 Å². The summed E-state index contributed by atoms with van der Waals surface area (Å²) in [5.41, 5.74) is 5.83. The third-order valence-electron chi connectivity index (χ3n) is 3.05. The minimum atomic E-state index is 1.02. The Morgan fingerprint density at radius 1 is 1.36 bits per heavy atom. The summed E-state index contributed by atoms with van der Waals surface area (Å²) < 4.78 is 0. The van der Waals surface area contributed by atoms with E-state index in [1.807, 2.05) is 0 Å². The molecule has 0 atom stereocenters. The van der Waals surface area contributed by atoms with Crippen molar-refractivity contribution in [2.45, 2.75) is 26.7 Å². The minimum Gasteiger partial charge on any atom is -0.381 e. The average molecular weight is 187 g/mol. The van der Waals surface area contributed by atoms with Crippen molar-refractivity contribution in [3.63, 3.8) is 0 Å². The van der Waals surface area contributed by atoms with Gasteiger partial charge in [-0.05, 0) is 37.0 Å². The van der Waals surface area contributed by atoms with Gasteiger partial charge in [0.05, 0.1) is 0 Å². The number of nitrogens with one attached hydrogen (secondary N) is 1. The molecule has 0 aliphatic carbocycles. The molecular formula is C13H17N. The van der Waals surface area contributed by atoms with Gasteiger partial charge in [0.1, 0.15) is 0 Å². The second-order valence-electron chi connectivity index (χ2n) is 3.92. The predicted molar refractivity (Wildman–Crippen MR) is 61.6 cm³/mol. The molecule has 1 N–H and O–H groups in total. The van der Waals surface area contributed by atoms with Crippen LogP contribution in [0.1, 0.15) is 25.8 Å². The quantitative estimate of drug-likeness (QED) is 0.664. The molecular weight excluding hydrogens is 170 g/mol. The lowest BCUT2D eigenvalue weighted by atomic mass is 9.95. The molecule has 0 radical (unpaired) electrons. The third-order valence-corrected chi connectivity index (χ3v) is 3.05. The van der Waals surface area contributed by atoms with E-state index in [4.69, 9.17) is 0 Å². The number of allylic oxidation sites excluding steroid dienone is 1. The molecule has 1 aromatic rings. The molecule has 14 heavy (non-hydrogen) atoms. The van der Waals surface area contributed by atoms with Gasteiger partial charge in [-0.1, -0.05) is 30.7 Å². The van der Waals surface area contributed by atoms with Crippen LogP contribution in [0.4, 0.5) is 5.69 Å². The molecule has 0 aromatic heterocycles. The summed E-state index contributed by atoms with van der Waals surface area (Å²) >= 11 is 0. The van der Waals surface area contributed by atoms with E-state index in [9.17, 15) is 0 Å². The van der Waals surface area contributed by atoms with Crippen LogP contribution in [0.25, 0.3) is 0 Å². The molecule has 1 nitrogen and oxygen atoms in total. The van der Waals surface area contributed by atoms with Crippen molar-refractivity contribution in [3.8, 4) is 0 Å². The molecule has 0 amide bonds. The van der Waals surface area contributed by atoms with E-state index >= 15 is 0 Å². The Labute approximate surface area is 85.8 Å². The number of fused-ring (bicyclic) bond motifs is 1. The molecule has 0 saturated heterocycles. The second-order valence-corrected chi connectivity index (χ2v) is 3.92. The smallest absolute Gasteiger partial charge is 0.0378 e. The Morgan fingerprint density at radius 2 is 2.14 bits per heavy atom. The van der Waals surface area contributed by atoms with Crippen molar-refractivity contribution in [2.75, 3.05) is 11.9 Å². The third kappa shape index (κ3) is 1.67. The van der Waals surface area contributed by atoms with E-state index in [1.165, 1.54) is 23.2 Å². The summed E-state index contributed by atoms with van der Waals surface area (Å²) in [7, 11) is 0. The zero-order chi connectivity index (χ0) is 9.97. The lowest BCUT2D eigenvalue weighted by molar-refractivity contribution is 0.947. The van der Waals surface area contributed by atoms with Crippen LogP contribution in [0.15, 0.2) is 35.4 Å².